The molecule has 5 N–H and O–H groups in total. The molecule has 0 radical (unpaired) electrons. The zero-order valence-corrected chi connectivity index (χ0v) is 39.4. The number of halogens is 2. The number of alkyl halides is 2. The molecule has 1 heterocycles. The number of carbonyl (C=O) groups excluding carboxylic acids is 8. The van der Waals surface area contributed by atoms with Crippen LogP contribution in [0, 0.1) is 28.6 Å². The van der Waals surface area contributed by atoms with Gasteiger partial charge < -0.3 is 40.4 Å². The molecule has 1 saturated heterocycles. The van der Waals surface area contributed by atoms with Crippen LogP contribution < -0.4 is 20.7 Å². The fourth-order valence-corrected chi connectivity index (χ4v) is 11.2. The molecule has 0 aromatic heterocycles. The summed E-state index contributed by atoms with van der Waals surface area (Å²) < 4.78 is 52.7. The van der Waals surface area contributed by atoms with Crippen LogP contribution in [-0.2, 0) is 47.8 Å². The van der Waals surface area contributed by atoms with E-state index < -0.39 is 101 Å². The van der Waals surface area contributed by atoms with Crippen molar-refractivity contribution in [3.05, 3.63) is 77.9 Å². The molecule has 366 valence electrons. The number of aliphatic hydroxyl groups excluding tert-OH is 2. The molecule has 1 unspecified atom stereocenters. The van der Waals surface area contributed by atoms with Gasteiger partial charge in [-0.2, -0.15) is 21.4 Å². The molecule has 13 atom stereocenters. The summed E-state index contributed by atoms with van der Waals surface area (Å²) in [5.74, 6) is -3.94. The quantitative estimate of drug-likeness (QED) is 0.151. The maximum atomic E-state index is 17.7. The van der Waals surface area contributed by atoms with Gasteiger partial charge in [0, 0.05) is 53.3 Å². The smallest absolute Gasteiger partial charge is 0.373 e. The minimum absolute atomic E-state index is 0.00219. The van der Waals surface area contributed by atoms with Crippen molar-refractivity contribution in [3.63, 3.8) is 0 Å². The van der Waals surface area contributed by atoms with Gasteiger partial charge in [0.25, 0.3) is 0 Å². The second kappa shape index (κ2) is 20.7. The maximum absolute atomic E-state index is 17.7. The van der Waals surface area contributed by atoms with Crippen LogP contribution in [0.4, 0.5) is 14.5 Å². The summed E-state index contributed by atoms with van der Waals surface area (Å²) in [4.78, 5) is 92.3. The highest BCUT2D eigenvalue weighted by Gasteiger charge is 2.80. The third-order valence-corrected chi connectivity index (χ3v) is 15.5. The number of hydrogen-bond donors (Lipinski definition) is 5. The average molecular weight is 966 g/mol. The monoisotopic (exact) mass is 965 g/mol. The number of Topliss-reactive ketones (excluding diaryl/α,β-unsaturated/α-hetero) is 2. The van der Waals surface area contributed by atoms with E-state index in [1.165, 1.54) is 30.8 Å². The molecule has 3 saturated carbocycles. The van der Waals surface area contributed by atoms with E-state index in [2.05, 4.69) is 16.0 Å². The zero-order valence-electron chi connectivity index (χ0n) is 38.5. The number of allylic oxidation sites excluding steroid dienone is 4. The third kappa shape index (κ3) is 9.48. The highest BCUT2D eigenvalue weighted by molar-refractivity contribution is 7.99. The Hall–Kier alpha value is -5.43. The zero-order chi connectivity index (χ0) is 49.9. The average Bonchev–Trinajstić information content (AvgIpc) is 3.81. The Morgan fingerprint density at radius 2 is 1.60 bits per heavy atom. The summed E-state index contributed by atoms with van der Waals surface area (Å²) in [6, 6.07) is 12.5. The van der Waals surface area contributed by atoms with Gasteiger partial charge in [0.2, 0.25) is 17.7 Å². The lowest BCUT2D eigenvalue weighted by atomic mass is 9.44. The highest BCUT2D eigenvalue weighted by Crippen LogP contribution is 2.72. The molecule has 4 fully saturated rings. The van der Waals surface area contributed by atoms with Crippen LogP contribution in [0.25, 0.3) is 0 Å². The van der Waals surface area contributed by atoms with Crippen LogP contribution in [0.1, 0.15) is 78.6 Å². The van der Waals surface area contributed by atoms with E-state index >= 15 is 8.78 Å². The summed E-state index contributed by atoms with van der Waals surface area (Å²) >= 11 is 1.39. The number of ketones is 3. The molecule has 0 bridgehead atoms. The molecular weight excluding hydrogens is 909 g/mol. The van der Waals surface area contributed by atoms with Gasteiger partial charge in [-0.3, -0.25) is 28.8 Å². The number of aliphatic hydroxyl groups is 2. The number of hydrogen-bond acceptors (Lipinski definition) is 14. The summed E-state index contributed by atoms with van der Waals surface area (Å²) in [6.07, 6.45) is -0.0883. The van der Waals surface area contributed by atoms with Crippen molar-refractivity contribution in [3.8, 4) is 11.5 Å². The van der Waals surface area contributed by atoms with Crippen LogP contribution >= 0.6 is 11.8 Å². The van der Waals surface area contributed by atoms with Crippen LogP contribution in [0.5, 0.6) is 11.5 Å². The van der Waals surface area contributed by atoms with Gasteiger partial charge in [-0.25, -0.2) is 8.78 Å². The molecule has 1 aliphatic heterocycles. The van der Waals surface area contributed by atoms with Gasteiger partial charge in [0.1, 0.15) is 24.3 Å². The first-order chi connectivity index (χ1) is 32.1. The number of nitrogens with one attached hydrogen (secondary N) is 3. The number of thioether (sulfide) groups is 1. The van der Waals surface area contributed by atoms with Gasteiger partial charge in [0.15, 0.2) is 34.9 Å². The summed E-state index contributed by atoms with van der Waals surface area (Å²) in [5, 5.41) is 29.9. The molecule has 68 heavy (non-hydrogen) atoms. The van der Waals surface area contributed by atoms with Gasteiger partial charge >= 0.3 is 6.15 Å². The SMILES string of the molecule is CSC(C)C(=O)NCCC(=O)N[C@@H](C)C(=O)C[C@@H](C)C(=O)Nc1ccc(Oc2ccc([C@@H]3O[C@@H]4C[C@H]5[C@@H]6C[C@H](F)C7=CC(=O)C=C[C@]7(C)[C@@]6(F)[C@@H](O)C[C@]5(C)[C@]4(C(=O)CO)O3)cc2)cc1.O=C=O. The number of carbonyl (C=O) groups is 6. The fourth-order valence-electron chi connectivity index (χ4n) is 10.9. The lowest BCUT2D eigenvalue weighted by molar-refractivity contribution is -0.235. The van der Waals surface area contributed by atoms with E-state index in [1.54, 1.807) is 76.2 Å². The molecule has 2 aromatic carbocycles. The maximum Gasteiger partial charge on any atom is 0.373 e. The van der Waals surface area contributed by atoms with Crippen molar-refractivity contribution in [1.29, 1.82) is 0 Å². The number of benzene rings is 2. The third-order valence-electron chi connectivity index (χ3n) is 14.6. The lowest BCUT2D eigenvalue weighted by Crippen LogP contribution is -2.70. The predicted molar refractivity (Wildman–Crippen MR) is 241 cm³/mol. The summed E-state index contributed by atoms with van der Waals surface area (Å²) in [5.41, 5.74) is -5.99. The van der Waals surface area contributed by atoms with E-state index in [4.69, 9.17) is 23.8 Å². The van der Waals surface area contributed by atoms with E-state index in [9.17, 15) is 39.0 Å². The van der Waals surface area contributed by atoms with Crippen LogP contribution in [0.2, 0.25) is 0 Å². The van der Waals surface area contributed by atoms with Crippen molar-refractivity contribution in [2.45, 2.75) is 114 Å². The lowest BCUT2D eigenvalue weighted by Gasteiger charge is -2.63. The van der Waals surface area contributed by atoms with Gasteiger partial charge in [0.05, 0.1) is 23.5 Å². The van der Waals surface area contributed by atoms with Crippen LogP contribution in [0.3, 0.4) is 0 Å². The fraction of sp³-hybridized carbons (Fsp3) is 0.531. The minimum atomic E-state index is -2.35. The number of rotatable bonds is 16. The Morgan fingerprint density at radius 3 is 2.22 bits per heavy atom. The number of amides is 3. The molecule has 3 amide bonds. The molecule has 5 aliphatic rings. The normalized spacial score (nSPS) is 32.1. The molecule has 0 spiro atoms. The first kappa shape index (κ1) is 52.0. The Kier molecular flexibility index (Phi) is 15.8. The first-order valence-corrected chi connectivity index (χ1v) is 23.7. The Balaban J connectivity index is 0.00000247. The topological polar surface area (TPSA) is 241 Å². The molecule has 7 rings (SSSR count). The Morgan fingerprint density at radius 1 is 0.971 bits per heavy atom. The van der Waals surface area contributed by atoms with Crippen molar-refractivity contribution in [2.75, 3.05) is 24.7 Å². The van der Waals surface area contributed by atoms with E-state index in [-0.39, 0.29) is 67.3 Å². The number of ether oxygens (including phenoxy) is 3. The van der Waals surface area contributed by atoms with Crippen molar-refractivity contribution >= 4 is 58.7 Å². The largest absolute Gasteiger partial charge is 0.457 e. The van der Waals surface area contributed by atoms with Crippen LogP contribution in [0.15, 0.2) is 72.3 Å². The van der Waals surface area contributed by atoms with E-state index in [1.807, 2.05) is 6.26 Å². The highest BCUT2D eigenvalue weighted by atomic mass is 32.2. The predicted octanol–water partition coefficient (Wildman–Crippen LogP) is 4.83. The molecule has 19 heteroatoms. The van der Waals surface area contributed by atoms with E-state index in [0.29, 0.717) is 22.7 Å². The van der Waals surface area contributed by atoms with Crippen molar-refractivity contribution in [2.24, 2.45) is 28.6 Å². The summed E-state index contributed by atoms with van der Waals surface area (Å²) in [7, 11) is 0. The van der Waals surface area contributed by atoms with Crippen molar-refractivity contribution in [1.82, 2.24) is 10.6 Å². The number of fused-ring (bicyclic) bond motifs is 7. The number of anilines is 1. The molecular formula is C49H57F2N3O13S. The first-order valence-electron chi connectivity index (χ1n) is 22.4. The summed E-state index contributed by atoms with van der Waals surface area (Å²) in [6.45, 7) is 7.41. The second-order valence-electron chi connectivity index (χ2n) is 18.5. The molecule has 4 aliphatic carbocycles. The van der Waals surface area contributed by atoms with Gasteiger partial charge in [-0.05, 0) is 106 Å². The Bertz CT molecular complexity index is 2380. The van der Waals surface area contributed by atoms with Gasteiger partial charge in [-0.15, -0.1) is 0 Å². The van der Waals surface area contributed by atoms with Crippen LogP contribution in [-0.4, -0.2) is 112 Å². The van der Waals surface area contributed by atoms with E-state index in [0.717, 1.165) is 6.08 Å². The molecule has 2 aromatic rings. The second-order valence-corrected chi connectivity index (χ2v) is 19.7. The standard InChI is InChI=1S/C48H57F2N3O11S.CO2/c1-25(19-37(56)26(2)52-41(59)16-18-51-43(61)27(3)65-6)42(60)53-29-9-13-32(14-10-29)62-31-11-7-28(8-12-31)44-63-40-22-33-34-21-36(49)35-20-30(55)15-17-45(35,4)47(34,50)38(57)23-46(33,5)48(40,64-44)39(58)24-54;2-1-3/h7-15,17,20,25-27,33-34,36,38,40,44,54,57H,16,18-19,21-24H2,1-6H3,(H,51,61)(H,52,59)(H,53,60);/t25-,26+,27?,33+,34+,36+,38+,40-,44-,45+,46+,47+,48-;/m1./s1. The van der Waals surface area contributed by atoms with Gasteiger partial charge in [-0.1, -0.05) is 32.1 Å². The Labute approximate surface area is 396 Å². The molecule has 16 nitrogen and oxygen atoms in total. The van der Waals surface area contributed by atoms with Crippen molar-refractivity contribution < 1.29 is 71.6 Å². The minimum Gasteiger partial charge on any atom is -0.457 e.